The lowest BCUT2D eigenvalue weighted by molar-refractivity contribution is 0.557. The highest BCUT2D eigenvalue weighted by atomic mass is 79.9. The molecular weight excluding hydrogens is 338 g/mol. The fraction of sp³-hybridized carbons (Fsp3) is 0. The highest BCUT2D eigenvalue weighted by Crippen LogP contribution is 2.45. The summed E-state index contributed by atoms with van der Waals surface area (Å²) in [5, 5.41) is 9.18. The Kier molecular flexibility index (Phi) is 3.30. The third kappa shape index (κ3) is 2.11. The average molecular weight is 346 g/mol. The van der Waals surface area contributed by atoms with E-state index >= 15 is 0 Å². The van der Waals surface area contributed by atoms with Gasteiger partial charge in [0.25, 0.3) is 0 Å². The highest BCUT2D eigenvalue weighted by Gasteiger charge is 2.20. The molecule has 0 spiro atoms. The molecule has 0 aliphatic heterocycles. The zero-order valence-corrected chi connectivity index (χ0v) is 12.5. The second-order valence-corrected chi connectivity index (χ2v) is 5.80. The maximum absolute atomic E-state index is 9.18. The van der Waals surface area contributed by atoms with Crippen LogP contribution in [0.3, 0.4) is 0 Å². The smallest absolute Gasteiger partial charge is 0.169 e. The summed E-state index contributed by atoms with van der Waals surface area (Å²) in [5.74, 6) is 0.682. The van der Waals surface area contributed by atoms with Gasteiger partial charge in [0.1, 0.15) is 16.7 Å². The molecule has 0 aliphatic carbocycles. The minimum atomic E-state index is 0.478. The lowest BCUT2D eigenvalue weighted by atomic mass is 10.0. The van der Waals surface area contributed by atoms with Gasteiger partial charge in [-0.15, -0.1) is 11.3 Å². The number of furan rings is 1. The topological polar surface area (TPSA) is 75.8 Å². The van der Waals surface area contributed by atoms with Crippen LogP contribution in [0.15, 0.2) is 45.7 Å². The first-order chi connectivity index (χ1) is 9.70. The molecule has 0 aromatic carbocycles. The molecule has 20 heavy (non-hydrogen) atoms. The Morgan fingerprint density at radius 3 is 2.60 bits per heavy atom. The van der Waals surface area contributed by atoms with E-state index in [0.717, 1.165) is 16.0 Å². The van der Waals surface area contributed by atoms with Crippen LogP contribution in [0, 0.1) is 11.3 Å². The van der Waals surface area contributed by atoms with Gasteiger partial charge in [-0.25, -0.2) is 0 Å². The van der Waals surface area contributed by atoms with Crippen LogP contribution in [0.4, 0.5) is 5.69 Å². The molecule has 0 atom stereocenters. The van der Waals surface area contributed by atoms with E-state index in [1.54, 1.807) is 12.4 Å². The number of pyridine rings is 1. The fourth-order valence-electron chi connectivity index (χ4n) is 1.94. The van der Waals surface area contributed by atoms with Crippen molar-refractivity contribution in [1.82, 2.24) is 4.98 Å². The molecule has 0 fully saturated rings. The van der Waals surface area contributed by atoms with Crippen molar-refractivity contribution in [1.29, 1.82) is 5.26 Å². The molecule has 4 nitrogen and oxygen atoms in total. The molecule has 3 rings (SSSR count). The van der Waals surface area contributed by atoms with Crippen molar-refractivity contribution in [2.75, 3.05) is 5.73 Å². The van der Waals surface area contributed by atoms with Crippen LogP contribution in [-0.4, -0.2) is 4.98 Å². The summed E-state index contributed by atoms with van der Waals surface area (Å²) in [6.07, 6.45) is 3.39. The van der Waals surface area contributed by atoms with Crippen LogP contribution in [0.1, 0.15) is 4.88 Å². The molecule has 0 saturated carbocycles. The standard InChI is InChI=1S/C14H8BrN3OS/c15-11-2-1-9(19-11)14-12(8-3-5-18-6-4-8)13(17)10(7-16)20-14/h1-6H,17H2. The molecule has 0 unspecified atom stereocenters. The number of rotatable bonds is 2. The summed E-state index contributed by atoms with van der Waals surface area (Å²) in [6, 6.07) is 9.51. The number of nitrogens with two attached hydrogens (primary N) is 1. The molecule has 98 valence electrons. The fourth-order valence-corrected chi connectivity index (χ4v) is 3.25. The van der Waals surface area contributed by atoms with Crippen molar-refractivity contribution >= 4 is 33.0 Å². The number of halogens is 1. The average Bonchev–Trinajstić information content (AvgIpc) is 3.03. The quantitative estimate of drug-likeness (QED) is 0.751. The first kappa shape index (κ1) is 12.9. The first-order valence-corrected chi connectivity index (χ1v) is 7.30. The number of thiophene rings is 1. The molecule has 3 heterocycles. The minimum absolute atomic E-state index is 0.478. The summed E-state index contributed by atoms with van der Waals surface area (Å²) < 4.78 is 6.23. The summed E-state index contributed by atoms with van der Waals surface area (Å²) in [6.45, 7) is 0. The van der Waals surface area contributed by atoms with Gasteiger partial charge in [-0.05, 0) is 45.8 Å². The summed E-state index contributed by atoms with van der Waals surface area (Å²) in [4.78, 5) is 5.33. The highest BCUT2D eigenvalue weighted by molar-refractivity contribution is 9.10. The second kappa shape index (κ2) is 5.12. The van der Waals surface area contributed by atoms with Crippen molar-refractivity contribution in [2.45, 2.75) is 0 Å². The number of aromatic nitrogens is 1. The molecular formula is C14H8BrN3OS. The number of nitriles is 1. The van der Waals surface area contributed by atoms with Crippen molar-refractivity contribution in [3.8, 4) is 27.8 Å². The van der Waals surface area contributed by atoms with E-state index in [9.17, 15) is 5.26 Å². The number of hydrogen-bond acceptors (Lipinski definition) is 5. The van der Waals surface area contributed by atoms with Gasteiger partial charge in [0, 0.05) is 18.0 Å². The van der Waals surface area contributed by atoms with E-state index in [4.69, 9.17) is 10.2 Å². The van der Waals surface area contributed by atoms with Crippen LogP contribution in [0.25, 0.3) is 21.8 Å². The van der Waals surface area contributed by atoms with Gasteiger partial charge in [-0.1, -0.05) is 0 Å². The van der Waals surface area contributed by atoms with E-state index in [1.165, 1.54) is 11.3 Å². The van der Waals surface area contributed by atoms with Crippen molar-refractivity contribution in [3.05, 3.63) is 46.2 Å². The van der Waals surface area contributed by atoms with Crippen LogP contribution < -0.4 is 5.73 Å². The molecule has 6 heteroatoms. The molecule has 0 saturated heterocycles. The van der Waals surface area contributed by atoms with Gasteiger partial charge in [0.2, 0.25) is 0 Å². The van der Waals surface area contributed by atoms with Gasteiger partial charge in [-0.2, -0.15) is 5.26 Å². The zero-order chi connectivity index (χ0) is 14.1. The van der Waals surface area contributed by atoms with Crippen molar-refractivity contribution < 1.29 is 4.42 Å². The molecule has 0 aliphatic rings. The van der Waals surface area contributed by atoms with E-state index in [1.807, 2.05) is 24.3 Å². The Balaban J connectivity index is 2.28. The summed E-state index contributed by atoms with van der Waals surface area (Å²) in [7, 11) is 0. The van der Waals surface area contributed by atoms with E-state index in [-0.39, 0.29) is 0 Å². The summed E-state index contributed by atoms with van der Waals surface area (Å²) >= 11 is 4.61. The monoisotopic (exact) mass is 345 g/mol. The van der Waals surface area contributed by atoms with Crippen LogP contribution in [0.2, 0.25) is 0 Å². The predicted octanol–water partition coefficient (Wildman–Crippen LogP) is 4.29. The Hall–Kier alpha value is -2.10. The Morgan fingerprint density at radius 2 is 2.00 bits per heavy atom. The molecule has 3 aromatic heterocycles. The number of hydrogen-bond donors (Lipinski definition) is 1. The SMILES string of the molecule is N#Cc1sc(-c2ccc(Br)o2)c(-c2ccncc2)c1N. The number of nitrogen functional groups attached to an aromatic ring is 1. The second-order valence-electron chi connectivity index (χ2n) is 4.00. The van der Waals surface area contributed by atoms with Gasteiger partial charge in [0.15, 0.2) is 4.67 Å². The lowest BCUT2D eigenvalue weighted by Crippen LogP contribution is -1.89. The third-order valence-electron chi connectivity index (χ3n) is 2.81. The van der Waals surface area contributed by atoms with Gasteiger partial charge >= 0.3 is 0 Å². The molecule has 2 N–H and O–H groups in total. The third-order valence-corrected chi connectivity index (χ3v) is 4.36. The van der Waals surface area contributed by atoms with E-state index in [0.29, 0.717) is 21.0 Å². The van der Waals surface area contributed by atoms with Gasteiger partial charge in [-0.3, -0.25) is 4.98 Å². The maximum atomic E-state index is 9.18. The Morgan fingerprint density at radius 1 is 1.25 bits per heavy atom. The van der Waals surface area contributed by atoms with E-state index in [2.05, 4.69) is 27.0 Å². The van der Waals surface area contributed by atoms with Crippen LogP contribution >= 0.6 is 27.3 Å². The molecule has 0 radical (unpaired) electrons. The van der Waals surface area contributed by atoms with Gasteiger partial charge < -0.3 is 10.2 Å². The molecule has 0 bridgehead atoms. The predicted molar refractivity (Wildman–Crippen MR) is 82.1 cm³/mol. The maximum Gasteiger partial charge on any atom is 0.169 e. The lowest BCUT2D eigenvalue weighted by Gasteiger charge is -2.03. The largest absolute Gasteiger partial charge is 0.449 e. The van der Waals surface area contributed by atoms with E-state index < -0.39 is 0 Å². The summed E-state index contributed by atoms with van der Waals surface area (Å²) in [5.41, 5.74) is 8.31. The minimum Gasteiger partial charge on any atom is -0.449 e. The van der Waals surface area contributed by atoms with Crippen LogP contribution in [-0.2, 0) is 0 Å². The number of anilines is 1. The van der Waals surface area contributed by atoms with Crippen molar-refractivity contribution in [2.24, 2.45) is 0 Å². The molecule has 0 amide bonds. The molecule has 3 aromatic rings. The Bertz CT molecular complexity index is 802. The Labute approximate surface area is 127 Å². The number of nitrogens with zero attached hydrogens (tertiary/aromatic N) is 2. The van der Waals surface area contributed by atoms with Crippen molar-refractivity contribution in [3.63, 3.8) is 0 Å². The van der Waals surface area contributed by atoms with Gasteiger partial charge in [0.05, 0.1) is 10.6 Å². The first-order valence-electron chi connectivity index (χ1n) is 5.69. The normalized spacial score (nSPS) is 10.4. The zero-order valence-electron chi connectivity index (χ0n) is 10.1. The van der Waals surface area contributed by atoms with Crippen LogP contribution in [0.5, 0.6) is 0 Å².